The maximum Gasteiger partial charge on any atom is 0.157 e. The van der Waals surface area contributed by atoms with Crippen LogP contribution in [-0.4, -0.2) is 33.2 Å². The van der Waals surface area contributed by atoms with Crippen molar-refractivity contribution in [2.75, 3.05) is 26.9 Å². The van der Waals surface area contributed by atoms with E-state index in [0.717, 1.165) is 51.1 Å². The van der Waals surface area contributed by atoms with Crippen molar-refractivity contribution in [3.05, 3.63) is 53.1 Å². The minimum atomic E-state index is -0.00649. The highest BCUT2D eigenvalue weighted by Crippen LogP contribution is 2.15. The highest BCUT2D eigenvalue weighted by Gasteiger charge is 2.12. The Morgan fingerprint density at radius 2 is 1.93 bits per heavy atom. The predicted octanol–water partition coefficient (Wildman–Crippen LogP) is 5.82. The summed E-state index contributed by atoms with van der Waals surface area (Å²) >= 11 is 0. The smallest absolute Gasteiger partial charge is 0.157 e. The van der Waals surface area contributed by atoms with Crippen LogP contribution in [0.3, 0.4) is 0 Å². The Labute approximate surface area is 170 Å². The van der Waals surface area contributed by atoms with Crippen molar-refractivity contribution in [3.8, 4) is 5.75 Å². The molecule has 28 heavy (non-hydrogen) atoms. The van der Waals surface area contributed by atoms with Gasteiger partial charge in [0, 0.05) is 13.2 Å². The summed E-state index contributed by atoms with van der Waals surface area (Å²) in [6.07, 6.45) is 11.0. The number of hydrogen-bond donors (Lipinski definition) is 0. The average Bonchev–Trinajstić information content (AvgIpc) is 2.73. The fraction of sp³-hybridized carbons (Fsp3) is 0.583. The van der Waals surface area contributed by atoms with Crippen molar-refractivity contribution >= 4 is 0 Å². The molecular formula is C24H36O4. The van der Waals surface area contributed by atoms with Crippen LogP contribution >= 0.6 is 0 Å². The van der Waals surface area contributed by atoms with Gasteiger partial charge in [-0.3, -0.25) is 0 Å². The van der Waals surface area contributed by atoms with Gasteiger partial charge in [-0.25, -0.2) is 0 Å². The molecule has 1 saturated heterocycles. The lowest BCUT2D eigenvalue weighted by Gasteiger charge is -2.22. The molecule has 0 amide bonds. The van der Waals surface area contributed by atoms with E-state index >= 15 is 0 Å². The molecule has 4 heteroatoms. The zero-order chi connectivity index (χ0) is 20.0. The van der Waals surface area contributed by atoms with E-state index in [2.05, 4.69) is 26.0 Å². The molecule has 1 unspecified atom stereocenters. The van der Waals surface area contributed by atoms with Crippen molar-refractivity contribution in [1.29, 1.82) is 0 Å². The molecule has 0 saturated carbocycles. The van der Waals surface area contributed by atoms with E-state index in [4.69, 9.17) is 18.9 Å². The van der Waals surface area contributed by atoms with Gasteiger partial charge in [0.15, 0.2) is 6.29 Å². The van der Waals surface area contributed by atoms with Gasteiger partial charge < -0.3 is 18.9 Å². The van der Waals surface area contributed by atoms with E-state index in [-0.39, 0.29) is 6.29 Å². The van der Waals surface area contributed by atoms with Crippen LogP contribution in [0.25, 0.3) is 0 Å². The maximum absolute atomic E-state index is 5.77. The predicted molar refractivity (Wildman–Crippen MR) is 114 cm³/mol. The van der Waals surface area contributed by atoms with E-state index in [1.165, 1.54) is 23.1 Å². The van der Waals surface area contributed by atoms with Crippen molar-refractivity contribution in [3.63, 3.8) is 0 Å². The molecule has 1 aliphatic rings. The maximum atomic E-state index is 5.77. The monoisotopic (exact) mass is 388 g/mol. The topological polar surface area (TPSA) is 36.9 Å². The van der Waals surface area contributed by atoms with Gasteiger partial charge >= 0.3 is 0 Å². The Kier molecular flexibility index (Phi) is 11.0. The van der Waals surface area contributed by atoms with E-state index in [0.29, 0.717) is 13.2 Å². The highest BCUT2D eigenvalue weighted by molar-refractivity contribution is 5.26. The molecule has 0 N–H and O–H groups in total. The summed E-state index contributed by atoms with van der Waals surface area (Å²) in [5, 5.41) is 0. The first-order valence-electron chi connectivity index (χ1n) is 10.4. The summed E-state index contributed by atoms with van der Waals surface area (Å²) in [4.78, 5) is 0. The highest BCUT2D eigenvalue weighted by atomic mass is 16.7. The first-order chi connectivity index (χ1) is 13.7. The molecule has 0 bridgehead atoms. The van der Waals surface area contributed by atoms with Crippen LogP contribution in [0.2, 0.25) is 0 Å². The molecule has 0 spiro atoms. The van der Waals surface area contributed by atoms with Crippen molar-refractivity contribution < 1.29 is 18.9 Å². The summed E-state index contributed by atoms with van der Waals surface area (Å²) in [6.45, 7) is 7.26. The Morgan fingerprint density at radius 3 is 2.64 bits per heavy atom. The number of hydrogen-bond acceptors (Lipinski definition) is 4. The van der Waals surface area contributed by atoms with Crippen LogP contribution in [0.15, 0.2) is 47.6 Å². The molecule has 1 aromatic carbocycles. The lowest BCUT2D eigenvalue weighted by Crippen LogP contribution is -2.22. The number of rotatable bonds is 12. The third-order valence-electron chi connectivity index (χ3n) is 4.91. The van der Waals surface area contributed by atoms with E-state index in [9.17, 15) is 0 Å². The quantitative estimate of drug-likeness (QED) is 0.334. The fourth-order valence-corrected chi connectivity index (χ4v) is 3.03. The second kappa shape index (κ2) is 13.5. The van der Waals surface area contributed by atoms with E-state index in [1.54, 1.807) is 7.11 Å². The van der Waals surface area contributed by atoms with E-state index in [1.807, 2.05) is 24.3 Å². The zero-order valence-electron chi connectivity index (χ0n) is 17.7. The molecule has 0 aromatic heterocycles. The van der Waals surface area contributed by atoms with Crippen LogP contribution in [0.1, 0.15) is 57.9 Å². The SMILES string of the molecule is COc1ccc(COCCC/C(C)=C\C/C(C)=C\COC2CCCCO2)cc1. The third-order valence-corrected chi connectivity index (χ3v) is 4.91. The standard InChI is InChI=1S/C24H36O4/c1-20(7-6-16-26-19-22-11-13-23(25-3)14-12-22)9-10-21(2)15-18-28-24-8-4-5-17-27-24/h9,11-15,24H,4-8,10,16-19H2,1-3H3/b20-9-,21-15-. The first-order valence-corrected chi connectivity index (χ1v) is 10.4. The molecule has 1 heterocycles. The fourth-order valence-electron chi connectivity index (χ4n) is 3.03. The van der Waals surface area contributed by atoms with Crippen LogP contribution in [-0.2, 0) is 20.8 Å². The molecule has 2 rings (SSSR count). The van der Waals surface area contributed by atoms with Crippen molar-refractivity contribution in [1.82, 2.24) is 0 Å². The van der Waals surface area contributed by atoms with Gasteiger partial charge in [0.1, 0.15) is 5.75 Å². The van der Waals surface area contributed by atoms with Gasteiger partial charge in [-0.15, -0.1) is 0 Å². The number of benzene rings is 1. The van der Waals surface area contributed by atoms with Gasteiger partial charge in [-0.2, -0.15) is 0 Å². The van der Waals surface area contributed by atoms with Crippen molar-refractivity contribution in [2.45, 2.75) is 65.3 Å². The summed E-state index contributed by atoms with van der Waals surface area (Å²) < 4.78 is 22.3. The minimum Gasteiger partial charge on any atom is -0.497 e. The van der Waals surface area contributed by atoms with Gasteiger partial charge in [0.05, 0.1) is 20.3 Å². The normalized spacial score (nSPS) is 18.3. The Hall–Kier alpha value is -1.62. The summed E-state index contributed by atoms with van der Waals surface area (Å²) in [7, 11) is 1.68. The second-order valence-corrected chi connectivity index (χ2v) is 7.44. The Balaban J connectivity index is 1.54. The molecular weight excluding hydrogens is 352 g/mol. The van der Waals surface area contributed by atoms with Gasteiger partial charge in [0.2, 0.25) is 0 Å². The van der Waals surface area contributed by atoms with Gasteiger partial charge in [-0.1, -0.05) is 35.4 Å². The zero-order valence-corrected chi connectivity index (χ0v) is 17.7. The van der Waals surface area contributed by atoms with Crippen LogP contribution in [0.5, 0.6) is 5.75 Å². The molecule has 0 aliphatic carbocycles. The Morgan fingerprint density at radius 1 is 1.11 bits per heavy atom. The minimum absolute atomic E-state index is 0.00649. The molecule has 1 fully saturated rings. The summed E-state index contributed by atoms with van der Waals surface area (Å²) in [5.41, 5.74) is 3.93. The summed E-state index contributed by atoms with van der Waals surface area (Å²) in [6, 6.07) is 8.02. The molecule has 1 aliphatic heterocycles. The van der Waals surface area contributed by atoms with E-state index < -0.39 is 0 Å². The summed E-state index contributed by atoms with van der Waals surface area (Å²) in [5.74, 6) is 0.878. The van der Waals surface area contributed by atoms with Crippen LogP contribution in [0.4, 0.5) is 0 Å². The number of ether oxygens (including phenoxy) is 4. The number of methoxy groups -OCH3 is 1. The van der Waals surface area contributed by atoms with Crippen LogP contribution < -0.4 is 4.74 Å². The largest absolute Gasteiger partial charge is 0.497 e. The lowest BCUT2D eigenvalue weighted by molar-refractivity contribution is -0.155. The molecule has 0 radical (unpaired) electrons. The van der Waals surface area contributed by atoms with Crippen LogP contribution in [0, 0.1) is 0 Å². The molecule has 1 aromatic rings. The third kappa shape index (κ3) is 9.54. The van der Waals surface area contributed by atoms with Gasteiger partial charge in [0.25, 0.3) is 0 Å². The molecule has 156 valence electrons. The van der Waals surface area contributed by atoms with Crippen molar-refractivity contribution in [2.24, 2.45) is 0 Å². The first kappa shape index (κ1) is 22.7. The molecule has 4 nitrogen and oxygen atoms in total. The lowest BCUT2D eigenvalue weighted by atomic mass is 10.1. The van der Waals surface area contributed by atoms with Gasteiger partial charge in [-0.05, 0) is 70.1 Å². The number of allylic oxidation sites excluding steroid dienone is 3. The average molecular weight is 389 g/mol. The Bertz CT molecular complexity index is 598. The molecule has 1 atom stereocenters. The second-order valence-electron chi connectivity index (χ2n) is 7.44.